The minimum atomic E-state index is -1.05. The van der Waals surface area contributed by atoms with E-state index >= 15 is 0 Å². The molecule has 2 atom stereocenters. The highest BCUT2D eigenvalue weighted by Crippen LogP contribution is 2.53. The predicted molar refractivity (Wildman–Crippen MR) is 140 cm³/mol. The van der Waals surface area contributed by atoms with Crippen molar-refractivity contribution in [2.75, 3.05) is 0 Å². The quantitative estimate of drug-likeness (QED) is 0.467. The molecule has 3 aromatic rings. The highest BCUT2D eigenvalue weighted by molar-refractivity contribution is 8.01. The van der Waals surface area contributed by atoms with Crippen molar-refractivity contribution in [3.8, 4) is 0 Å². The van der Waals surface area contributed by atoms with Gasteiger partial charge in [0.1, 0.15) is 4.75 Å². The molecule has 0 radical (unpaired) electrons. The van der Waals surface area contributed by atoms with Gasteiger partial charge in [-0.15, -0.1) is 11.8 Å². The largest absolute Gasteiger partial charge is 0.392 e. The lowest BCUT2D eigenvalue weighted by atomic mass is 9.90. The molecule has 6 heteroatoms. The minimum Gasteiger partial charge on any atom is -0.392 e. The number of nitrogens with one attached hydrogen (secondary N) is 1. The molecule has 2 amide bonds. The van der Waals surface area contributed by atoms with E-state index < -0.39 is 10.8 Å². The second-order valence-corrected chi connectivity index (χ2v) is 10.8. The normalized spacial score (nSPS) is 19.9. The average Bonchev–Trinajstić information content (AvgIpc) is 3.17. The van der Waals surface area contributed by atoms with E-state index in [1.165, 1.54) is 11.8 Å². The molecule has 1 heterocycles. The molecule has 4 rings (SSSR count). The lowest BCUT2D eigenvalue weighted by Crippen LogP contribution is -2.49. The van der Waals surface area contributed by atoms with Gasteiger partial charge in [-0.05, 0) is 49.6 Å². The molecule has 1 aliphatic heterocycles. The molecule has 0 unspecified atom stereocenters. The number of nitrogens with zero attached hydrogens (tertiary/aromatic N) is 1. The number of carbonyl (C=O) groups excluding carboxylic acids is 2. The Bertz CT molecular complexity index is 1160. The molecular weight excluding hydrogens is 456 g/mol. The SMILES string of the molecule is Cc1ccc(S[C@]2(C(=O)NCc3ccccc3)CC(=O)N(C(C)C)[C@@H]2c2ccc(CO)cc2)cc1. The van der Waals surface area contributed by atoms with E-state index in [0.717, 1.165) is 27.1 Å². The zero-order valence-corrected chi connectivity index (χ0v) is 21.2. The molecule has 35 heavy (non-hydrogen) atoms. The van der Waals surface area contributed by atoms with Crippen LogP contribution < -0.4 is 5.32 Å². The van der Waals surface area contributed by atoms with Crippen molar-refractivity contribution in [2.45, 2.75) is 62.1 Å². The summed E-state index contributed by atoms with van der Waals surface area (Å²) in [5, 5.41) is 12.7. The molecule has 2 N–H and O–H groups in total. The van der Waals surface area contributed by atoms with Crippen molar-refractivity contribution in [2.24, 2.45) is 0 Å². The zero-order chi connectivity index (χ0) is 25.0. The van der Waals surface area contributed by atoms with Crippen molar-refractivity contribution in [1.82, 2.24) is 10.2 Å². The fraction of sp³-hybridized carbons (Fsp3) is 0.310. The predicted octanol–water partition coefficient (Wildman–Crippen LogP) is 5.02. The summed E-state index contributed by atoms with van der Waals surface area (Å²) in [5.74, 6) is -0.189. The average molecular weight is 489 g/mol. The summed E-state index contributed by atoms with van der Waals surface area (Å²) in [7, 11) is 0. The first kappa shape index (κ1) is 25.0. The van der Waals surface area contributed by atoms with Crippen LogP contribution in [-0.2, 0) is 22.7 Å². The van der Waals surface area contributed by atoms with Crippen LogP contribution in [0, 0.1) is 6.92 Å². The Morgan fingerprint density at radius 3 is 2.29 bits per heavy atom. The maximum Gasteiger partial charge on any atom is 0.239 e. The minimum absolute atomic E-state index is 0.0364. The van der Waals surface area contributed by atoms with E-state index in [1.54, 1.807) is 0 Å². The molecule has 0 bridgehead atoms. The molecule has 182 valence electrons. The standard InChI is InChI=1S/C29H32N2O3S/c1-20(2)31-26(33)17-29(35-25-15-9-21(3)10-16-25,27(31)24-13-11-23(19-32)12-14-24)28(34)30-18-22-7-5-4-6-8-22/h4-16,20,27,32H,17-19H2,1-3H3,(H,30,34)/t27-,29-/m1/s1. The summed E-state index contributed by atoms with van der Waals surface area (Å²) in [6.07, 6.45) is 0.108. The molecule has 0 aromatic heterocycles. The van der Waals surface area contributed by atoms with Crippen molar-refractivity contribution < 1.29 is 14.7 Å². The molecule has 0 saturated carbocycles. The van der Waals surface area contributed by atoms with Crippen molar-refractivity contribution in [1.29, 1.82) is 0 Å². The first-order valence-electron chi connectivity index (χ1n) is 11.9. The van der Waals surface area contributed by atoms with E-state index in [0.29, 0.717) is 6.54 Å². The van der Waals surface area contributed by atoms with Crippen LogP contribution >= 0.6 is 11.8 Å². The van der Waals surface area contributed by atoms with Gasteiger partial charge < -0.3 is 15.3 Å². The van der Waals surface area contributed by atoms with Gasteiger partial charge in [0.25, 0.3) is 0 Å². The molecule has 1 saturated heterocycles. The number of likely N-dealkylation sites (tertiary alicyclic amines) is 1. The van der Waals surface area contributed by atoms with Crippen molar-refractivity contribution in [3.05, 3.63) is 101 Å². The molecular formula is C29H32N2O3S. The van der Waals surface area contributed by atoms with Gasteiger partial charge in [0, 0.05) is 17.5 Å². The van der Waals surface area contributed by atoms with Gasteiger partial charge in [-0.25, -0.2) is 0 Å². The smallest absolute Gasteiger partial charge is 0.239 e. The topological polar surface area (TPSA) is 69.6 Å². The number of aliphatic hydroxyl groups excluding tert-OH is 1. The Balaban J connectivity index is 1.79. The van der Waals surface area contributed by atoms with Crippen LogP contribution in [0.4, 0.5) is 0 Å². The maximum absolute atomic E-state index is 14.1. The van der Waals surface area contributed by atoms with Gasteiger partial charge in [-0.3, -0.25) is 9.59 Å². The summed E-state index contributed by atoms with van der Waals surface area (Å²) in [5.41, 5.74) is 3.82. The fourth-order valence-electron chi connectivity index (χ4n) is 4.69. The highest BCUT2D eigenvalue weighted by atomic mass is 32.2. The Morgan fingerprint density at radius 2 is 1.69 bits per heavy atom. The lowest BCUT2D eigenvalue weighted by Gasteiger charge is -2.38. The Morgan fingerprint density at radius 1 is 1.03 bits per heavy atom. The van der Waals surface area contributed by atoms with E-state index in [9.17, 15) is 14.7 Å². The number of aryl methyl sites for hydroxylation is 1. The zero-order valence-electron chi connectivity index (χ0n) is 20.4. The summed E-state index contributed by atoms with van der Waals surface area (Å²) >= 11 is 1.46. The second kappa shape index (κ2) is 10.7. The van der Waals surface area contributed by atoms with Crippen LogP contribution in [0.25, 0.3) is 0 Å². The molecule has 1 fully saturated rings. The van der Waals surface area contributed by atoms with E-state index in [2.05, 4.69) is 5.32 Å². The van der Waals surface area contributed by atoms with Crippen LogP contribution in [0.2, 0.25) is 0 Å². The van der Waals surface area contributed by atoms with Gasteiger partial charge in [0.2, 0.25) is 11.8 Å². The van der Waals surface area contributed by atoms with E-state index in [-0.39, 0.29) is 30.9 Å². The van der Waals surface area contributed by atoms with Crippen LogP contribution in [-0.4, -0.2) is 32.6 Å². The number of aliphatic hydroxyl groups is 1. The number of hydrogen-bond donors (Lipinski definition) is 2. The number of benzene rings is 3. The van der Waals surface area contributed by atoms with Gasteiger partial charge >= 0.3 is 0 Å². The highest BCUT2D eigenvalue weighted by Gasteiger charge is 2.58. The van der Waals surface area contributed by atoms with E-state index in [1.807, 2.05) is 105 Å². The van der Waals surface area contributed by atoms with Crippen molar-refractivity contribution in [3.63, 3.8) is 0 Å². The van der Waals surface area contributed by atoms with Crippen LogP contribution in [0.5, 0.6) is 0 Å². The molecule has 5 nitrogen and oxygen atoms in total. The number of thioether (sulfide) groups is 1. The fourth-order valence-corrected chi connectivity index (χ4v) is 6.10. The van der Waals surface area contributed by atoms with Gasteiger partial charge in [0.05, 0.1) is 19.1 Å². The molecule has 3 aromatic carbocycles. The summed E-state index contributed by atoms with van der Waals surface area (Å²) < 4.78 is -1.05. The number of rotatable bonds is 8. The Labute approximate surface area is 211 Å². The van der Waals surface area contributed by atoms with Gasteiger partial charge in [-0.2, -0.15) is 0 Å². The summed E-state index contributed by atoms with van der Waals surface area (Å²) in [6, 6.07) is 24.9. The Hall–Kier alpha value is -3.09. The molecule has 0 spiro atoms. The summed E-state index contributed by atoms with van der Waals surface area (Å²) in [4.78, 5) is 30.3. The third-order valence-corrected chi connectivity index (χ3v) is 7.88. The summed E-state index contributed by atoms with van der Waals surface area (Å²) in [6.45, 7) is 6.34. The number of amides is 2. The first-order valence-corrected chi connectivity index (χ1v) is 12.7. The second-order valence-electron chi connectivity index (χ2n) is 9.35. The lowest BCUT2D eigenvalue weighted by molar-refractivity contribution is -0.130. The monoisotopic (exact) mass is 488 g/mol. The van der Waals surface area contributed by atoms with Crippen LogP contribution in [0.1, 0.15) is 48.6 Å². The number of carbonyl (C=O) groups is 2. The first-order chi connectivity index (χ1) is 16.8. The molecule has 1 aliphatic rings. The van der Waals surface area contributed by atoms with Gasteiger partial charge in [0.15, 0.2) is 0 Å². The van der Waals surface area contributed by atoms with E-state index in [4.69, 9.17) is 0 Å². The van der Waals surface area contributed by atoms with Crippen LogP contribution in [0.3, 0.4) is 0 Å². The maximum atomic E-state index is 14.1. The Kier molecular flexibility index (Phi) is 7.63. The third kappa shape index (κ3) is 5.29. The molecule has 0 aliphatic carbocycles. The number of hydrogen-bond acceptors (Lipinski definition) is 4. The van der Waals surface area contributed by atoms with Crippen molar-refractivity contribution >= 4 is 23.6 Å². The van der Waals surface area contributed by atoms with Gasteiger partial charge in [-0.1, -0.05) is 72.3 Å². The third-order valence-electron chi connectivity index (χ3n) is 6.46. The van der Waals surface area contributed by atoms with Crippen LogP contribution in [0.15, 0.2) is 83.8 Å².